The van der Waals surface area contributed by atoms with Crippen LogP contribution in [0.2, 0.25) is 0 Å². The summed E-state index contributed by atoms with van der Waals surface area (Å²) in [7, 11) is -1.59. The molecule has 0 spiro atoms. The van der Waals surface area contributed by atoms with E-state index in [0.717, 1.165) is 0 Å². The summed E-state index contributed by atoms with van der Waals surface area (Å²) in [5.74, 6) is -0.370. The molecule has 0 fully saturated rings. The number of carbonyl (C=O) groups is 1. The third kappa shape index (κ3) is 3.50. The molecule has 0 aliphatic heterocycles. The molecule has 0 unspecified atom stereocenters. The third-order valence-corrected chi connectivity index (χ3v) is 2.59. The van der Waals surface area contributed by atoms with Crippen LogP contribution in [0.25, 0.3) is 0 Å². The number of hydrazone groups is 1. The van der Waals surface area contributed by atoms with E-state index >= 15 is 0 Å². The van der Waals surface area contributed by atoms with Crippen LogP contribution in [0.5, 0.6) is 0 Å². The fourth-order valence-corrected chi connectivity index (χ4v) is 1.59. The highest BCUT2D eigenvalue weighted by molar-refractivity contribution is 6.60. The molecule has 1 aromatic heterocycles. The van der Waals surface area contributed by atoms with E-state index in [1.165, 1.54) is 18.6 Å². The molecule has 1 aromatic carbocycles. The van der Waals surface area contributed by atoms with Crippen LogP contribution in [0.1, 0.15) is 15.9 Å². The molecule has 0 bridgehead atoms. The summed E-state index contributed by atoms with van der Waals surface area (Å²) in [4.78, 5) is 15.5. The summed E-state index contributed by atoms with van der Waals surface area (Å²) in [6.45, 7) is 0. The first-order chi connectivity index (χ1) is 9.68. The van der Waals surface area contributed by atoms with Crippen molar-refractivity contribution in [1.29, 1.82) is 0 Å². The highest BCUT2D eigenvalue weighted by Gasteiger charge is 2.13. The van der Waals surface area contributed by atoms with Crippen molar-refractivity contribution in [1.82, 2.24) is 10.4 Å². The zero-order valence-electron chi connectivity index (χ0n) is 10.5. The molecule has 20 heavy (non-hydrogen) atoms. The second-order valence-corrected chi connectivity index (χ2v) is 3.94. The first-order valence-corrected chi connectivity index (χ1v) is 5.87. The minimum Gasteiger partial charge on any atom is -0.423 e. The molecule has 0 saturated carbocycles. The lowest BCUT2D eigenvalue weighted by Crippen LogP contribution is -2.33. The molecule has 100 valence electrons. The van der Waals surface area contributed by atoms with Crippen LogP contribution in [-0.2, 0) is 0 Å². The number of rotatable bonds is 4. The second kappa shape index (κ2) is 6.60. The lowest BCUT2D eigenvalue weighted by Gasteiger charge is -2.03. The molecule has 0 aliphatic rings. The Balaban J connectivity index is 2.06. The molecule has 1 heterocycles. The van der Waals surface area contributed by atoms with Gasteiger partial charge in [0.15, 0.2) is 0 Å². The quantitative estimate of drug-likeness (QED) is 0.397. The van der Waals surface area contributed by atoms with Crippen molar-refractivity contribution in [3.05, 3.63) is 59.9 Å². The van der Waals surface area contributed by atoms with Gasteiger partial charge < -0.3 is 10.0 Å². The van der Waals surface area contributed by atoms with Crippen molar-refractivity contribution in [2.45, 2.75) is 0 Å². The normalized spacial score (nSPS) is 10.5. The first-order valence-electron chi connectivity index (χ1n) is 5.87. The predicted molar refractivity (Wildman–Crippen MR) is 75.6 cm³/mol. The van der Waals surface area contributed by atoms with Crippen LogP contribution in [0, 0.1) is 0 Å². The van der Waals surface area contributed by atoms with Crippen LogP contribution < -0.4 is 10.9 Å². The fraction of sp³-hybridized carbons (Fsp3) is 0. The summed E-state index contributed by atoms with van der Waals surface area (Å²) < 4.78 is 0. The molecule has 2 rings (SSSR count). The van der Waals surface area contributed by atoms with Crippen molar-refractivity contribution in [3.63, 3.8) is 0 Å². The van der Waals surface area contributed by atoms with Crippen molar-refractivity contribution in [3.8, 4) is 0 Å². The summed E-state index contributed by atoms with van der Waals surface area (Å²) in [5.41, 5.74) is 3.62. The van der Waals surface area contributed by atoms with E-state index in [2.05, 4.69) is 15.5 Å². The van der Waals surface area contributed by atoms with Crippen LogP contribution in [-0.4, -0.2) is 34.3 Å². The van der Waals surface area contributed by atoms with Gasteiger partial charge in [-0.3, -0.25) is 9.78 Å². The Labute approximate surface area is 115 Å². The number of benzene rings is 1. The van der Waals surface area contributed by atoms with Gasteiger partial charge in [0.25, 0.3) is 5.91 Å². The maximum absolute atomic E-state index is 11.7. The number of aromatic nitrogens is 1. The molecule has 1 amide bonds. The van der Waals surface area contributed by atoms with Crippen LogP contribution >= 0.6 is 0 Å². The minimum absolute atomic E-state index is 0.314. The summed E-state index contributed by atoms with van der Waals surface area (Å²) in [6.07, 6.45) is 4.37. The molecule has 0 aliphatic carbocycles. The number of nitrogens with zero attached hydrogens (tertiary/aromatic N) is 2. The van der Waals surface area contributed by atoms with Gasteiger partial charge in [-0.2, -0.15) is 5.10 Å². The Kier molecular flexibility index (Phi) is 4.59. The number of nitrogens with one attached hydrogen (secondary N) is 1. The Bertz CT molecular complexity index is 617. The standard InChI is InChI=1S/C13H12BN3O3/c18-13(10-5-7-15-8-6-10)17-16-9-11-3-1-2-4-12(11)14(19)20/h1-9,19-20H,(H,17,18). The van der Waals surface area contributed by atoms with Gasteiger partial charge in [-0.1, -0.05) is 24.3 Å². The third-order valence-electron chi connectivity index (χ3n) is 2.59. The minimum atomic E-state index is -1.59. The molecule has 3 N–H and O–H groups in total. The molecule has 0 atom stereocenters. The molecular weight excluding hydrogens is 257 g/mol. The monoisotopic (exact) mass is 269 g/mol. The van der Waals surface area contributed by atoms with Gasteiger partial charge in [0.05, 0.1) is 6.21 Å². The Morgan fingerprint density at radius 3 is 2.60 bits per heavy atom. The average Bonchev–Trinajstić information content (AvgIpc) is 2.48. The Morgan fingerprint density at radius 1 is 1.20 bits per heavy atom. The molecular formula is C13H12BN3O3. The van der Waals surface area contributed by atoms with Gasteiger partial charge in [0, 0.05) is 18.0 Å². The van der Waals surface area contributed by atoms with Gasteiger partial charge in [0.2, 0.25) is 0 Å². The summed E-state index contributed by atoms with van der Waals surface area (Å²) >= 11 is 0. The number of hydrogen-bond donors (Lipinski definition) is 3. The Hall–Kier alpha value is -2.51. The molecule has 6 nitrogen and oxygen atoms in total. The molecule has 0 saturated heterocycles. The van der Waals surface area contributed by atoms with Crippen molar-refractivity contribution >= 4 is 24.7 Å². The van der Waals surface area contributed by atoms with Crippen LogP contribution in [0.4, 0.5) is 0 Å². The molecule has 2 aromatic rings. The van der Waals surface area contributed by atoms with Gasteiger partial charge in [-0.15, -0.1) is 0 Å². The maximum Gasteiger partial charge on any atom is 0.489 e. The topological polar surface area (TPSA) is 94.8 Å². The van der Waals surface area contributed by atoms with E-state index in [4.69, 9.17) is 0 Å². The zero-order chi connectivity index (χ0) is 14.4. The van der Waals surface area contributed by atoms with Crippen molar-refractivity contribution in [2.24, 2.45) is 5.10 Å². The van der Waals surface area contributed by atoms with Crippen molar-refractivity contribution < 1.29 is 14.8 Å². The largest absolute Gasteiger partial charge is 0.489 e. The zero-order valence-corrected chi connectivity index (χ0v) is 10.5. The number of carbonyl (C=O) groups excluding carboxylic acids is 1. The summed E-state index contributed by atoms with van der Waals surface area (Å²) in [5, 5.41) is 22.2. The van der Waals surface area contributed by atoms with E-state index in [1.54, 1.807) is 36.4 Å². The van der Waals surface area contributed by atoms with E-state index in [9.17, 15) is 14.8 Å². The summed E-state index contributed by atoms with van der Waals surface area (Å²) in [6, 6.07) is 9.78. The maximum atomic E-state index is 11.7. The number of pyridine rings is 1. The van der Waals surface area contributed by atoms with E-state index < -0.39 is 7.12 Å². The van der Waals surface area contributed by atoms with Gasteiger partial charge in [-0.05, 0) is 23.2 Å². The van der Waals surface area contributed by atoms with Gasteiger partial charge >= 0.3 is 7.12 Å². The number of hydrogen-bond acceptors (Lipinski definition) is 5. The predicted octanol–water partition coefficient (Wildman–Crippen LogP) is -0.475. The lowest BCUT2D eigenvalue weighted by molar-refractivity contribution is 0.0955. The van der Waals surface area contributed by atoms with E-state index in [0.29, 0.717) is 16.6 Å². The van der Waals surface area contributed by atoms with Crippen LogP contribution in [0.15, 0.2) is 53.9 Å². The Morgan fingerprint density at radius 2 is 1.90 bits per heavy atom. The van der Waals surface area contributed by atoms with E-state index in [-0.39, 0.29) is 5.91 Å². The number of amides is 1. The van der Waals surface area contributed by atoms with Crippen molar-refractivity contribution in [2.75, 3.05) is 0 Å². The van der Waals surface area contributed by atoms with Crippen LogP contribution in [0.3, 0.4) is 0 Å². The highest BCUT2D eigenvalue weighted by Crippen LogP contribution is 1.96. The fourth-order valence-electron chi connectivity index (χ4n) is 1.59. The lowest BCUT2D eigenvalue weighted by atomic mass is 9.77. The first kappa shape index (κ1) is 13.9. The average molecular weight is 269 g/mol. The smallest absolute Gasteiger partial charge is 0.423 e. The molecule has 0 radical (unpaired) electrons. The molecule has 7 heteroatoms. The van der Waals surface area contributed by atoms with Gasteiger partial charge in [0.1, 0.15) is 0 Å². The highest BCUT2D eigenvalue weighted by atomic mass is 16.4. The second-order valence-electron chi connectivity index (χ2n) is 3.94. The van der Waals surface area contributed by atoms with Gasteiger partial charge in [-0.25, -0.2) is 5.43 Å². The van der Waals surface area contributed by atoms with E-state index in [1.807, 2.05) is 0 Å². The SMILES string of the molecule is O=C(NN=Cc1ccccc1B(O)O)c1ccncc1.